The van der Waals surface area contributed by atoms with Crippen LogP contribution in [0.15, 0.2) is 106 Å². The van der Waals surface area contributed by atoms with Crippen LogP contribution in [0.2, 0.25) is 0 Å². The number of nitrogens with one attached hydrogen (secondary N) is 4. The van der Waals surface area contributed by atoms with Crippen LogP contribution >= 0.6 is 11.3 Å². The third-order valence-electron chi connectivity index (χ3n) is 10.2. The van der Waals surface area contributed by atoms with Gasteiger partial charge in [-0.1, -0.05) is 56.0 Å². The molecule has 0 bridgehead atoms. The van der Waals surface area contributed by atoms with Crippen LogP contribution in [0, 0.1) is 0 Å². The average molecular weight is 839 g/mol. The van der Waals surface area contributed by atoms with E-state index in [9.17, 15) is 23.3 Å². The van der Waals surface area contributed by atoms with Gasteiger partial charge in [0, 0.05) is 28.2 Å². The smallest absolute Gasteiger partial charge is 0.489 e. The van der Waals surface area contributed by atoms with Crippen molar-refractivity contribution in [3.05, 3.63) is 118 Å². The largest absolute Gasteiger partial charge is 0.678 e. The third kappa shape index (κ3) is 12.7. The first-order valence-corrected chi connectivity index (χ1v) is 21.1. The number of hydrogen-bond donors (Lipinski definition) is 5. The fourth-order valence-electron chi connectivity index (χ4n) is 6.99. The monoisotopic (exact) mass is 838 g/mol. The Labute approximate surface area is 353 Å². The summed E-state index contributed by atoms with van der Waals surface area (Å²) in [6.07, 6.45) is 14.3. The number of para-hydroxylation sites is 1. The van der Waals surface area contributed by atoms with Crippen molar-refractivity contribution in [2.45, 2.75) is 83.4 Å². The number of allylic oxidation sites excluding steroid dienone is 3. The first-order chi connectivity index (χ1) is 28.7. The zero-order chi connectivity index (χ0) is 42.7. The number of ether oxygens (including phenoxy) is 2. The van der Waals surface area contributed by atoms with E-state index in [1.807, 2.05) is 73.9 Å². The quantitative estimate of drug-likeness (QED) is 0.0349. The molecule has 5 aromatic rings. The lowest BCUT2D eigenvalue weighted by molar-refractivity contribution is -0.124. The molecule has 11 nitrogen and oxygen atoms in total. The normalized spacial score (nSPS) is 14.3. The number of aliphatic hydroxyl groups is 1. The molecule has 1 atom stereocenters. The highest BCUT2D eigenvalue weighted by molar-refractivity contribution is 7.13. The average Bonchev–Trinajstić information content (AvgIpc) is 4.04. The molecule has 1 amide bonds. The number of carbonyl (C=O) groups excluding carboxylic acids is 1. The standard InChI is InChI=1S/C45H53BF2N6O5S/c1-44(2,49-28-35(55)29-59-39-12-9-11-37-42(39)52-43(57)51-37)24-7-5-6-8-25-45(3,4)53-41(56)30-58-36-21-15-31(16-22-36)14-17-32-18-19-33(50-32)27-34-20-23-38(54(34)46(47)48)40-13-10-26-60-40/h9-23,26-27,35,49,55H,5-8,24-25,28-30H2,1-4H3,(H,53,56)(H2,51,52,57)/b17-14+,33-27-/t35-/m0/s1. The molecule has 15 heteroatoms. The van der Waals surface area contributed by atoms with Crippen LogP contribution < -0.4 is 25.8 Å². The molecule has 4 heterocycles. The minimum atomic E-state index is -2.68. The van der Waals surface area contributed by atoms with Gasteiger partial charge in [0.1, 0.15) is 29.7 Å². The summed E-state index contributed by atoms with van der Waals surface area (Å²) >= 11 is 1.42. The van der Waals surface area contributed by atoms with Gasteiger partial charge in [-0.25, -0.2) is 9.79 Å². The number of benzene rings is 2. The van der Waals surface area contributed by atoms with Gasteiger partial charge in [-0.05, 0) is 118 Å². The van der Waals surface area contributed by atoms with Gasteiger partial charge in [-0.2, -0.15) is 0 Å². The summed E-state index contributed by atoms with van der Waals surface area (Å²) in [5, 5.41) is 18.9. The molecule has 1 aliphatic heterocycles. The van der Waals surface area contributed by atoms with Crippen molar-refractivity contribution in [2.75, 3.05) is 19.8 Å². The molecule has 0 saturated carbocycles. The second-order valence-corrected chi connectivity index (χ2v) is 17.2. The number of carbonyl (C=O) groups is 1. The maximum Gasteiger partial charge on any atom is 0.678 e. The summed E-state index contributed by atoms with van der Waals surface area (Å²) in [6, 6.07) is 19.8. The number of rotatable bonds is 22. The molecule has 6 rings (SSSR count). The van der Waals surface area contributed by atoms with E-state index in [0.29, 0.717) is 51.9 Å². The van der Waals surface area contributed by atoms with E-state index < -0.39 is 13.5 Å². The zero-order valence-corrected chi connectivity index (χ0v) is 35.3. The van der Waals surface area contributed by atoms with E-state index in [4.69, 9.17) is 9.47 Å². The van der Waals surface area contributed by atoms with Gasteiger partial charge in [0.15, 0.2) is 6.61 Å². The van der Waals surface area contributed by atoms with E-state index in [0.717, 1.165) is 53.4 Å². The number of nitrogens with zero attached hydrogens (tertiary/aromatic N) is 2. The minimum Gasteiger partial charge on any atom is -0.489 e. The van der Waals surface area contributed by atoms with Gasteiger partial charge in [0.25, 0.3) is 5.91 Å². The molecule has 0 aliphatic carbocycles. The Hall–Kier alpha value is -5.51. The first-order valence-electron chi connectivity index (χ1n) is 20.2. The lowest BCUT2D eigenvalue weighted by Gasteiger charge is -2.28. The fourth-order valence-corrected chi connectivity index (χ4v) is 7.74. The molecule has 0 fully saturated rings. The number of aliphatic imine (C=N–C) groups is 1. The predicted octanol–water partition coefficient (Wildman–Crippen LogP) is 8.65. The van der Waals surface area contributed by atoms with Gasteiger partial charge in [-0.3, -0.25) is 13.4 Å². The van der Waals surface area contributed by atoms with Crippen molar-refractivity contribution < 1.29 is 28.0 Å². The Morgan fingerprint density at radius 1 is 0.933 bits per heavy atom. The number of fused-ring (bicyclic) bond motifs is 1. The van der Waals surface area contributed by atoms with E-state index in [2.05, 4.69) is 39.4 Å². The number of H-pyrrole nitrogens is 2. The minimum absolute atomic E-state index is 0.0914. The SMILES string of the molecule is CC(C)(CCCCCCC(C)(C)NC(=O)COc1ccc(/C=C/C2=NC(=C\c3ccc(-c4cccs4)n3B(F)F)/C=C2)cc1)NC[C@H](O)COc1cccc2[nH]c(=O)[nH]c12. The van der Waals surface area contributed by atoms with Gasteiger partial charge in [0.2, 0.25) is 0 Å². The van der Waals surface area contributed by atoms with Crippen LogP contribution in [0.5, 0.6) is 11.5 Å². The molecule has 1 aliphatic rings. The van der Waals surface area contributed by atoms with Gasteiger partial charge < -0.3 is 39.7 Å². The Morgan fingerprint density at radius 2 is 1.70 bits per heavy atom. The van der Waals surface area contributed by atoms with Crippen molar-refractivity contribution in [1.29, 1.82) is 0 Å². The number of β-amino-alcohol motifs (C(OH)–C–C–N with tert-alkyl or cyclic N) is 1. The topological polar surface area (TPSA) is 146 Å². The predicted molar refractivity (Wildman–Crippen MR) is 239 cm³/mol. The molecular weight excluding hydrogens is 785 g/mol. The highest BCUT2D eigenvalue weighted by Crippen LogP contribution is 2.30. The van der Waals surface area contributed by atoms with Crippen molar-refractivity contribution in [2.24, 2.45) is 4.99 Å². The number of hydrogen-bond acceptors (Lipinski definition) is 8. The fraction of sp³-hybridized carbons (Fsp3) is 0.356. The molecule has 316 valence electrons. The van der Waals surface area contributed by atoms with Crippen molar-refractivity contribution in [3.63, 3.8) is 0 Å². The molecule has 5 N–H and O–H groups in total. The molecule has 2 aromatic carbocycles. The number of aromatic nitrogens is 3. The van der Waals surface area contributed by atoms with Gasteiger partial charge >= 0.3 is 13.1 Å². The second-order valence-electron chi connectivity index (χ2n) is 16.2. The lowest BCUT2D eigenvalue weighted by atomic mass is 9.93. The summed E-state index contributed by atoms with van der Waals surface area (Å²) in [6.45, 7) is 8.70. The van der Waals surface area contributed by atoms with Gasteiger partial charge in [0.05, 0.1) is 22.6 Å². The number of aliphatic hydroxyl groups excluding tert-OH is 1. The maximum absolute atomic E-state index is 14.0. The second kappa shape index (κ2) is 20.2. The maximum atomic E-state index is 14.0. The first kappa shape index (κ1) is 44.1. The van der Waals surface area contributed by atoms with Crippen LogP contribution in [0.1, 0.15) is 77.5 Å². The zero-order valence-electron chi connectivity index (χ0n) is 34.5. The van der Waals surface area contributed by atoms with Crippen molar-refractivity contribution in [1.82, 2.24) is 25.1 Å². The highest BCUT2D eigenvalue weighted by Gasteiger charge is 2.25. The van der Waals surface area contributed by atoms with E-state index in [-0.39, 0.29) is 35.9 Å². The third-order valence-corrected chi connectivity index (χ3v) is 11.1. The number of thiophene rings is 1. The number of imidazole rings is 1. The van der Waals surface area contributed by atoms with Crippen LogP contribution in [0.3, 0.4) is 0 Å². The lowest BCUT2D eigenvalue weighted by Crippen LogP contribution is -2.45. The van der Waals surface area contributed by atoms with E-state index >= 15 is 0 Å². The summed E-state index contributed by atoms with van der Waals surface area (Å²) < 4.78 is 40.5. The Morgan fingerprint density at radius 3 is 2.43 bits per heavy atom. The van der Waals surface area contributed by atoms with Crippen LogP contribution in [0.4, 0.5) is 8.63 Å². The summed E-state index contributed by atoms with van der Waals surface area (Å²) in [7, 11) is -2.68. The molecule has 0 spiro atoms. The number of aromatic amines is 2. The van der Waals surface area contributed by atoms with Crippen LogP contribution in [-0.4, -0.2) is 75.5 Å². The molecule has 0 saturated heterocycles. The van der Waals surface area contributed by atoms with Crippen molar-refractivity contribution >= 4 is 53.5 Å². The highest BCUT2D eigenvalue weighted by atomic mass is 32.1. The van der Waals surface area contributed by atoms with Crippen LogP contribution in [-0.2, 0) is 4.79 Å². The van der Waals surface area contributed by atoms with E-state index in [1.165, 1.54) is 11.3 Å². The Bertz CT molecular complexity index is 2380. The number of unbranched alkanes of at least 4 members (excludes halogenated alkanes) is 3. The molecule has 0 radical (unpaired) electrons. The molecule has 3 aromatic heterocycles. The number of amides is 1. The Balaban J connectivity index is 0.844. The molecule has 0 unspecified atom stereocenters. The van der Waals surface area contributed by atoms with E-state index in [1.54, 1.807) is 42.5 Å². The van der Waals surface area contributed by atoms with Crippen LogP contribution in [0.25, 0.3) is 33.8 Å². The summed E-state index contributed by atoms with van der Waals surface area (Å²) in [4.78, 5) is 35.2. The summed E-state index contributed by atoms with van der Waals surface area (Å²) in [5.74, 6) is 0.916. The molecule has 60 heavy (non-hydrogen) atoms. The van der Waals surface area contributed by atoms with Crippen molar-refractivity contribution in [3.8, 4) is 22.1 Å². The summed E-state index contributed by atoms with van der Waals surface area (Å²) in [5.41, 5.74) is 3.47. The van der Waals surface area contributed by atoms with Gasteiger partial charge in [-0.15, -0.1) is 11.3 Å². The number of halogens is 2. The Kier molecular flexibility index (Phi) is 14.8. The molecular formula is C45H53BF2N6O5S.